The molecule has 0 radical (unpaired) electrons. The van der Waals surface area contributed by atoms with Crippen LogP contribution in [0, 0.1) is 0 Å². The minimum Gasteiger partial charge on any atom is -0.465 e. The Bertz CT molecular complexity index is 1010. The van der Waals surface area contributed by atoms with Gasteiger partial charge in [0, 0.05) is 5.02 Å². The van der Waals surface area contributed by atoms with Crippen molar-refractivity contribution < 1.29 is 9.53 Å². The van der Waals surface area contributed by atoms with Crippen LogP contribution < -0.4 is 0 Å². The van der Waals surface area contributed by atoms with Crippen LogP contribution in [0.25, 0.3) is 23.3 Å². The number of benzene rings is 3. The van der Waals surface area contributed by atoms with Crippen molar-refractivity contribution in [2.45, 2.75) is 0 Å². The molecule has 3 rings (SSSR count). The number of hydrogen-bond donors (Lipinski definition) is 0. The van der Waals surface area contributed by atoms with E-state index in [1.165, 1.54) is 7.11 Å². The van der Waals surface area contributed by atoms with Crippen LogP contribution in [0.4, 0.5) is 0 Å². The third-order valence-corrected chi connectivity index (χ3v) is 5.01. The van der Waals surface area contributed by atoms with Crippen LogP contribution in [0.2, 0.25) is 15.1 Å². The van der Waals surface area contributed by atoms with Crippen molar-refractivity contribution in [1.29, 1.82) is 0 Å². The van der Waals surface area contributed by atoms with Gasteiger partial charge in [-0.25, -0.2) is 4.79 Å². The minimum absolute atomic E-state index is 0.359. The van der Waals surface area contributed by atoms with Gasteiger partial charge in [-0.15, -0.1) is 0 Å². The molecule has 0 heterocycles. The summed E-state index contributed by atoms with van der Waals surface area (Å²) < 4.78 is 4.71. The summed E-state index contributed by atoms with van der Waals surface area (Å²) in [6.45, 7) is 0. The first kappa shape index (κ1) is 19.5. The normalized spacial score (nSPS) is 11.0. The molecule has 0 aromatic heterocycles. The fourth-order valence-electron chi connectivity index (χ4n) is 2.63. The van der Waals surface area contributed by atoms with E-state index in [1.54, 1.807) is 18.2 Å². The molecule has 0 N–H and O–H groups in total. The van der Waals surface area contributed by atoms with Crippen LogP contribution in [0.15, 0.2) is 60.7 Å². The van der Waals surface area contributed by atoms with E-state index in [4.69, 9.17) is 39.5 Å². The van der Waals surface area contributed by atoms with E-state index in [2.05, 4.69) is 0 Å². The van der Waals surface area contributed by atoms with Crippen LogP contribution >= 0.6 is 34.8 Å². The molecule has 0 aliphatic rings. The van der Waals surface area contributed by atoms with E-state index in [0.717, 1.165) is 22.3 Å². The summed E-state index contributed by atoms with van der Waals surface area (Å²) in [4.78, 5) is 11.5. The van der Waals surface area contributed by atoms with Gasteiger partial charge in [0.25, 0.3) is 0 Å². The standard InChI is InChI=1S/C22H15Cl3O2/c1-27-22(26)15-5-2-14(3-6-15)4-7-16-12-18(23)9-10-19(16)17-8-11-20(24)21(25)13-17/h2-13H,1H3/b7-4+. The summed E-state index contributed by atoms with van der Waals surface area (Å²) in [7, 11) is 1.36. The number of carbonyl (C=O) groups excluding carboxylic acids is 1. The van der Waals surface area contributed by atoms with E-state index in [-0.39, 0.29) is 5.97 Å². The quantitative estimate of drug-likeness (QED) is 0.329. The van der Waals surface area contributed by atoms with E-state index in [1.807, 2.05) is 54.6 Å². The fourth-order valence-corrected chi connectivity index (χ4v) is 3.11. The highest BCUT2D eigenvalue weighted by Gasteiger charge is 2.07. The molecule has 0 aliphatic carbocycles. The molecular formula is C22H15Cl3O2. The molecule has 0 amide bonds. The van der Waals surface area contributed by atoms with Gasteiger partial charge < -0.3 is 4.74 Å². The van der Waals surface area contributed by atoms with Crippen molar-refractivity contribution in [2.75, 3.05) is 7.11 Å². The molecule has 0 saturated carbocycles. The first-order valence-corrected chi connectivity index (χ1v) is 9.23. The number of carbonyl (C=O) groups is 1. The Kier molecular flexibility index (Phi) is 6.22. The Morgan fingerprint density at radius 1 is 0.852 bits per heavy atom. The molecule has 136 valence electrons. The van der Waals surface area contributed by atoms with Gasteiger partial charge in [0.05, 0.1) is 22.7 Å². The number of halogens is 3. The lowest BCUT2D eigenvalue weighted by molar-refractivity contribution is 0.0600. The molecule has 0 unspecified atom stereocenters. The van der Waals surface area contributed by atoms with Crippen LogP contribution in [-0.4, -0.2) is 13.1 Å². The van der Waals surface area contributed by atoms with Crippen LogP contribution in [0.3, 0.4) is 0 Å². The SMILES string of the molecule is COC(=O)c1ccc(/C=C/c2cc(Cl)ccc2-c2ccc(Cl)c(Cl)c2)cc1. The maximum Gasteiger partial charge on any atom is 0.337 e. The zero-order chi connectivity index (χ0) is 19.4. The van der Waals surface area contributed by atoms with Crippen molar-refractivity contribution in [3.05, 3.63) is 92.4 Å². The number of hydrogen-bond acceptors (Lipinski definition) is 2. The third-order valence-electron chi connectivity index (χ3n) is 4.03. The lowest BCUT2D eigenvalue weighted by Crippen LogP contribution is -2.00. The first-order valence-electron chi connectivity index (χ1n) is 8.09. The van der Waals surface area contributed by atoms with Gasteiger partial charge >= 0.3 is 5.97 Å². The summed E-state index contributed by atoms with van der Waals surface area (Å²) in [6, 6.07) is 18.3. The number of rotatable bonds is 4. The highest BCUT2D eigenvalue weighted by atomic mass is 35.5. The lowest BCUT2D eigenvalue weighted by Gasteiger charge is -2.09. The summed E-state index contributed by atoms with van der Waals surface area (Å²) in [6.07, 6.45) is 3.92. The van der Waals surface area contributed by atoms with Gasteiger partial charge in [0.15, 0.2) is 0 Å². The van der Waals surface area contributed by atoms with Crippen LogP contribution in [0.5, 0.6) is 0 Å². The second-order valence-electron chi connectivity index (χ2n) is 5.81. The lowest BCUT2D eigenvalue weighted by atomic mass is 9.98. The molecular weight excluding hydrogens is 403 g/mol. The van der Waals surface area contributed by atoms with Crippen LogP contribution in [-0.2, 0) is 4.74 Å². The Labute approximate surface area is 173 Å². The molecule has 27 heavy (non-hydrogen) atoms. The van der Waals surface area contributed by atoms with E-state index in [9.17, 15) is 4.79 Å². The van der Waals surface area contributed by atoms with Crippen molar-refractivity contribution in [1.82, 2.24) is 0 Å². The Morgan fingerprint density at radius 2 is 1.59 bits per heavy atom. The topological polar surface area (TPSA) is 26.3 Å². The fraction of sp³-hybridized carbons (Fsp3) is 0.0455. The number of ether oxygens (including phenoxy) is 1. The van der Waals surface area contributed by atoms with Crippen molar-refractivity contribution >= 4 is 52.9 Å². The van der Waals surface area contributed by atoms with Gasteiger partial charge in [-0.1, -0.05) is 71.2 Å². The van der Waals surface area contributed by atoms with E-state index in [0.29, 0.717) is 20.6 Å². The molecule has 0 aliphatic heterocycles. The Hall–Kier alpha value is -2.26. The Morgan fingerprint density at radius 3 is 2.26 bits per heavy atom. The Balaban J connectivity index is 1.94. The highest BCUT2D eigenvalue weighted by Crippen LogP contribution is 2.32. The van der Waals surface area contributed by atoms with Crippen LogP contribution in [0.1, 0.15) is 21.5 Å². The zero-order valence-electron chi connectivity index (χ0n) is 14.4. The maximum atomic E-state index is 11.5. The highest BCUT2D eigenvalue weighted by molar-refractivity contribution is 6.42. The predicted octanol–water partition coefficient (Wildman–Crippen LogP) is 7.27. The van der Waals surface area contributed by atoms with Crippen molar-refractivity contribution in [2.24, 2.45) is 0 Å². The molecule has 5 heteroatoms. The van der Waals surface area contributed by atoms with Gasteiger partial charge in [-0.2, -0.15) is 0 Å². The smallest absolute Gasteiger partial charge is 0.337 e. The molecule has 0 bridgehead atoms. The summed E-state index contributed by atoms with van der Waals surface area (Å²) >= 11 is 18.4. The number of esters is 1. The third kappa shape index (κ3) is 4.72. The second-order valence-corrected chi connectivity index (χ2v) is 7.06. The van der Waals surface area contributed by atoms with Gasteiger partial charge in [-0.05, 0) is 58.7 Å². The average Bonchev–Trinajstić information content (AvgIpc) is 2.68. The molecule has 0 fully saturated rings. The zero-order valence-corrected chi connectivity index (χ0v) is 16.6. The average molecular weight is 418 g/mol. The van der Waals surface area contributed by atoms with Gasteiger partial charge in [-0.3, -0.25) is 0 Å². The summed E-state index contributed by atoms with van der Waals surface area (Å²) in [5.74, 6) is -0.359. The van der Waals surface area contributed by atoms with Gasteiger partial charge in [0.2, 0.25) is 0 Å². The van der Waals surface area contributed by atoms with E-state index >= 15 is 0 Å². The van der Waals surface area contributed by atoms with E-state index < -0.39 is 0 Å². The minimum atomic E-state index is -0.359. The first-order chi connectivity index (χ1) is 13.0. The summed E-state index contributed by atoms with van der Waals surface area (Å²) in [5, 5.41) is 1.65. The predicted molar refractivity (Wildman–Crippen MR) is 114 cm³/mol. The maximum absolute atomic E-state index is 11.5. The molecule has 0 spiro atoms. The molecule has 3 aromatic carbocycles. The van der Waals surface area contributed by atoms with Gasteiger partial charge in [0.1, 0.15) is 0 Å². The molecule has 0 atom stereocenters. The van der Waals surface area contributed by atoms with Crippen molar-refractivity contribution in [3.63, 3.8) is 0 Å². The number of methoxy groups -OCH3 is 1. The molecule has 3 aromatic rings. The molecule has 2 nitrogen and oxygen atoms in total. The monoisotopic (exact) mass is 416 g/mol. The summed E-state index contributed by atoms with van der Waals surface area (Å²) in [5.41, 5.74) is 4.33. The largest absolute Gasteiger partial charge is 0.465 e. The second kappa shape index (κ2) is 8.62. The van der Waals surface area contributed by atoms with Crippen molar-refractivity contribution in [3.8, 4) is 11.1 Å². The molecule has 0 saturated heterocycles.